The van der Waals surface area contributed by atoms with Crippen LogP contribution in [0.3, 0.4) is 0 Å². The number of ether oxygens (including phenoxy) is 1. The molecule has 0 saturated carbocycles. The van der Waals surface area contributed by atoms with Crippen LogP contribution in [-0.4, -0.2) is 48.6 Å². The number of likely N-dealkylation sites (tertiary alicyclic amines) is 1. The van der Waals surface area contributed by atoms with E-state index in [0.29, 0.717) is 44.6 Å². The summed E-state index contributed by atoms with van der Waals surface area (Å²) in [4.78, 5) is 28.5. The van der Waals surface area contributed by atoms with Crippen molar-refractivity contribution < 1.29 is 18.7 Å². The fraction of sp³-hybridized carbons (Fsp3) is 0.391. The summed E-state index contributed by atoms with van der Waals surface area (Å²) in [6, 6.07) is 16.0. The first-order valence-electron chi connectivity index (χ1n) is 10.1. The Bertz CT molecular complexity index is 861. The smallest absolute Gasteiger partial charge is 0.253 e. The van der Waals surface area contributed by atoms with E-state index < -0.39 is 5.60 Å². The molecule has 0 N–H and O–H groups in total. The lowest BCUT2D eigenvalue weighted by atomic mass is 9.88. The maximum atomic E-state index is 13.2. The second-order valence-electron chi connectivity index (χ2n) is 7.79. The molecule has 0 aliphatic carbocycles. The number of carbonyl (C=O) groups is 2. The van der Waals surface area contributed by atoms with E-state index in [1.807, 2.05) is 35.2 Å². The highest BCUT2D eigenvalue weighted by molar-refractivity contribution is 5.95. The van der Waals surface area contributed by atoms with Gasteiger partial charge in [-0.2, -0.15) is 0 Å². The Morgan fingerprint density at radius 2 is 1.72 bits per heavy atom. The molecule has 2 heterocycles. The minimum Gasteiger partial charge on any atom is -0.363 e. The Labute approximate surface area is 170 Å². The standard InChI is InChI=1S/C23H25FN2O3/c24-19-7-9-20(10-8-19)26-17-23(29-16-22(26)28)12-14-25(15-13-23)21(27)11-6-18-4-2-1-3-5-18/h1-5,7-10H,6,11-17H2. The van der Waals surface area contributed by atoms with Crippen LogP contribution < -0.4 is 4.90 Å². The summed E-state index contributed by atoms with van der Waals surface area (Å²) in [5, 5.41) is 0. The lowest BCUT2D eigenvalue weighted by molar-refractivity contribution is -0.150. The normalized spacial score (nSPS) is 18.9. The molecule has 2 aliphatic heterocycles. The van der Waals surface area contributed by atoms with Crippen LogP contribution in [0.25, 0.3) is 0 Å². The molecule has 6 heteroatoms. The second-order valence-corrected chi connectivity index (χ2v) is 7.79. The SMILES string of the molecule is O=C(CCc1ccccc1)N1CCC2(CC1)CN(c1ccc(F)cc1)C(=O)CO2. The summed E-state index contributed by atoms with van der Waals surface area (Å²) in [6.07, 6.45) is 2.62. The van der Waals surface area contributed by atoms with E-state index >= 15 is 0 Å². The van der Waals surface area contributed by atoms with Gasteiger partial charge in [0.15, 0.2) is 0 Å². The second kappa shape index (κ2) is 8.33. The fourth-order valence-electron chi connectivity index (χ4n) is 4.09. The molecule has 2 saturated heterocycles. The molecule has 29 heavy (non-hydrogen) atoms. The van der Waals surface area contributed by atoms with E-state index in [-0.39, 0.29) is 24.2 Å². The van der Waals surface area contributed by atoms with Crippen LogP contribution in [-0.2, 0) is 20.7 Å². The molecule has 152 valence electrons. The zero-order chi connectivity index (χ0) is 20.3. The monoisotopic (exact) mass is 396 g/mol. The fourth-order valence-corrected chi connectivity index (χ4v) is 4.09. The first-order valence-corrected chi connectivity index (χ1v) is 10.1. The summed E-state index contributed by atoms with van der Waals surface area (Å²) < 4.78 is 19.2. The van der Waals surface area contributed by atoms with Crippen molar-refractivity contribution in [1.82, 2.24) is 4.90 Å². The Morgan fingerprint density at radius 1 is 1.03 bits per heavy atom. The number of rotatable bonds is 4. The number of benzene rings is 2. The number of piperidine rings is 1. The van der Waals surface area contributed by atoms with Crippen LogP contribution in [0, 0.1) is 5.82 Å². The summed E-state index contributed by atoms with van der Waals surface area (Å²) in [5.41, 5.74) is 1.40. The molecule has 2 aliphatic rings. The number of halogens is 1. The van der Waals surface area contributed by atoms with Crippen molar-refractivity contribution in [3.63, 3.8) is 0 Å². The largest absolute Gasteiger partial charge is 0.363 e. The molecule has 0 aromatic heterocycles. The number of amides is 2. The van der Waals surface area contributed by atoms with Crippen LogP contribution in [0.1, 0.15) is 24.8 Å². The Hall–Kier alpha value is -2.73. The maximum Gasteiger partial charge on any atom is 0.253 e. The first kappa shape index (κ1) is 19.6. The van der Waals surface area contributed by atoms with Gasteiger partial charge in [0.1, 0.15) is 12.4 Å². The highest BCUT2D eigenvalue weighted by Crippen LogP contribution is 2.33. The van der Waals surface area contributed by atoms with E-state index in [0.717, 1.165) is 6.42 Å². The van der Waals surface area contributed by atoms with Crippen LogP contribution in [0.2, 0.25) is 0 Å². The van der Waals surface area contributed by atoms with Crippen LogP contribution in [0.15, 0.2) is 54.6 Å². The quantitative estimate of drug-likeness (QED) is 0.798. The molecular weight excluding hydrogens is 371 g/mol. The number of hydrogen-bond donors (Lipinski definition) is 0. The molecule has 5 nitrogen and oxygen atoms in total. The van der Waals surface area contributed by atoms with Gasteiger partial charge in [0, 0.05) is 25.2 Å². The van der Waals surface area contributed by atoms with Crippen molar-refractivity contribution in [2.75, 3.05) is 31.1 Å². The van der Waals surface area contributed by atoms with Crippen molar-refractivity contribution in [3.05, 3.63) is 66.0 Å². The third-order valence-electron chi connectivity index (χ3n) is 5.89. The number of hydrogen-bond acceptors (Lipinski definition) is 3. The van der Waals surface area contributed by atoms with Crippen molar-refractivity contribution in [2.45, 2.75) is 31.3 Å². The van der Waals surface area contributed by atoms with Gasteiger partial charge in [-0.3, -0.25) is 9.59 Å². The third-order valence-corrected chi connectivity index (χ3v) is 5.89. The van der Waals surface area contributed by atoms with Gasteiger partial charge in [0.2, 0.25) is 5.91 Å². The maximum absolute atomic E-state index is 13.2. The molecule has 0 unspecified atom stereocenters. The van der Waals surface area contributed by atoms with Crippen LogP contribution in [0.5, 0.6) is 0 Å². The minimum absolute atomic E-state index is 0.0132. The lowest BCUT2D eigenvalue weighted by Gasteiger charge is -2.47. The number of carbonyl (C=O) groups excluding carboxylic acids is 2. The van der Waals surface area contributed by atoms with Crippen molar-refractivity contribution in [3.8, 4) is 0 Å². The molecular formula is C23H25FN2O3. The Balaban J connectivity index is 1.34. The molecule has 2 aromatic rings. The molecule has 4 rings (SSSR count). The van der Waals surface area contributed by atoms with Crippen molar-refractivity contribution >= 4 is 17.5 Å². The predicted molar refractivity (Wildman–Crippen MR) is 108 cm³/mol. The van der Waals surface area contributed by atoms with E-state index in [2.05, 4.69) is 0 Å². The van der Waals surface area contributed by atoms with E-state index in [1.54, 1.807) is 17.0 Å². The van der Waals surface area contributed by atoms with Gasteiger partial charge in [-0.15, -0.1) is 0 Å². The highest BCUT2D eigenvalue weighted by atomic mass is 19.1. The molecule has 0 bridgehead atoms. The van der Waals surface area contributed by atoms with Gasteiger partial charge in [-0.05, 0) is 49.1 Å². The average Bonchev–Trinajstić information content (AvgIpc) is 2.76. The summed E-state index contributed by atoms with van der Waals surface area (Å²) in [7, 11) is 0. The zero-order valence-electron chi connectivity index (χ0n) is 16.4. The van der Waals surface area contributed by atoms with Gasteiger partial charge in [-0.25, -0.2) is 4.39 Å². The number of aryl methyl sites for hydroxylation is 1. The molecule has 2 aromatic carbocycles. The first-order chi connectivity index (χ1) is 14.0. The molecule has 2 fully saturated rings. The zero-order valence-corrected chi connectivity index (χ0v) is 16.4. The summed E-state index contributed by atoms with van der Waals surface area (Å²) in [6.45, 7) is 1.70. The van der Waals surface area contributed by atoms with Crippen molar-refractivity contribution in [1.29, 1.82) is 0 Å². The van der Waals surface area contributed by atoms with Gasteiger partial charge < -0.3 is 14.5 Å². The number of nitrogens with zero attached hydrogens (tertiary/aromatic N) is 2. The van der Waals surface area contributed by atoms with Gasteiger partial charge in [0.05, 0.1) is 12.1 Å². The topological polar surface area (TPSA) is 49.9 Å². The van der Waals surface area contributed by atoms with Crippen molar-refractivity contribution in [2.24, 2.45) is 0 Å². The van der Waals surface area contributed by atoms with Gasteiger partial charge in [-0.1, -0.05) is 30.3 Å². The minimum atomic E-state index is -0.446. The van der Waals surface area contributed by atoms with E-state index in [9.17, 15) is 14.0 Å². The summed E-state index contributed by atoms with van der Waals surface area (Å²) >= 11 is 0. The highest BCUT2D eigenvalue weighted by Gasteiger charge is 2.43. The summed E-state index contributed by atoms with van der Waals surface area (Å²) in [5.74, 6) is -0.291. The van der Waals surface area contributed by atoms with Crippen LogP contribution in [0.4, 0.5) is 10.1 Å². The average molecular weight is 396 g/mol. The lowest BCUT2D eigenvalue weighted by Crippen LogP contribution is -2.59. The molecule has 1 spiro atoms. The molecule has 0 radical (unpaired) electrons. The van der Waals surface area contributed by atoms with E-state index in [4.69, 9.17) is 4.74 Å². The molecule has 0 atom stereocenters. The number of morpholine rings is 1. The van der Waals surface area contributed by atoms with Crippen LogP contribution >= 0.6 is 0 Å². The molecule has 2 amide bonds. The van der Waals surface area contributed by atoms with Gasteiger partial charge >= 0.3 is 0 Å². The van der Waals surface area contributed by atoms with E-state index in [1.165, 1.54) is 17.7 Å². The predicted octanol–water partition coefficient (Wildman–Crippen LogP) is 3.18. The third kappa shape index (κ3) is 4.48. The number of anilines is 1. The Kier molecular flexibility index (Phi) is 5.62. The van der Waals surface area contributed by atoms with Gasteiger partial charge in [0.25, 0.3) is 5.91 Å². The Morgan fingerprint density at radius 3 is 2.41 bits per heavy atom.